The van der Waals surface area contributed by atoms with E-state index in [4.69, 9.17) is 0 Å². The summed E-state index contributed by atoms with van der Waals surface area (Å²) in [7, 11) is 0. The maximum absolute atomic E-state index is 2.31. The van der Waals surface area contributed by atoms with Gasteiger partial charge in [0.15, 0.2) is 0 Å². The van der Waals surface area contributed by atoms with Gasteiger partial charge < -0.3 is 0 Å². The van der Waals surface area contributed by atoms with Gasteiger partial charge in [-0.05, 0) is 47.2 Å². The summed E-state index contributed by atoms with van der Waals surface area (Å²) in [6.45, 7) is 4.74. The molecular weight excluding hydrogens is 323 g/mol. The second-order valence-electron chi connectivity index (χ2n) is 7.46. The topological polar surface area (TPSA) is 0 Å². The van der Waals surface area contributed by atoms with Crippen LogP contribution in [0.4, 0.5) is 0 Å². The third kappa shape index (κ3) is 2.46. The van der Waals surface area contributed by atoms with Gasteiger partial charge in [0.2, 0.25) is 6.71 Å². The minimum absolute atomic E-state index is 0.284. The Balaban J connectivity index is 1.88. The predicted molar refractivity (Wildman–Crippen MR) is 118 cm³/mol. The first-order valence-electron chi connectivity index (χ1n) is 9.59. The number of aryl methyl sites for hydroxylation is 2. The van der Waals surface area contributed by atoms with Crippen molar-refractivity contribution in [1.82, 2.24) is 0 Å². The summed E-state index contributed by atoms with van der Waals surface area (Å²) in [5, 5.41) is 0. The van der Waals surface area contributed by atoms with Gasteiger partial charge in [0.05, 0.1) is 0 Å². The second kappa shape index (κ2) is 6.28. The lowest BCUT2D eigenvalue weighted by atomic mass is 9.38. The van der Waals surface area contributed by atoms with Crippen molar-refractivity contribution in [1.29, 1.82) is 0 Å². The molecule has 0 aromatic heterocycles. The van der Waals surface area contributed by atoms with Crippen LogP contribution >= 0.6 is 0 Å². The van der Waals surface area contributed by atoms with E-state index in [2.05, 4.69) is 105 Å². The minimum Gasteiger partial charge on any atom is -0.0686 e. The quantitative estimate of drug-likeness (QED) is 0.415. The molecule has 0 unspecified atom stereocenters. The van der Waals surface area contributed by atoms with Crippen LogP contribution in [0.2, 0.25) is 0 Å². The monoisotopic (exact) mass is 344 g/mol. The Morgan fingerprint density at radius 3 is 1.96 bits per heavy atom. The standard InChI is InChI=1S/C26H21B/c1-18-10-6-7-13-21(18)25-19(2)16-17-23-22-14-8-9-15-24(22)27(26(23)25)20-11-4-3-5-12-20/h3-17H,1-2H3. The van der Waals surface area contributed by atoms with Gasteiger partial charge in [0.25, 0.3) is 0 Å². The van der Waals surface area contributed by atoms with E-state index in [1.165, 1.54) is 49.8 Å². The fraction of sp³-hybridized carbons (Fsp3) is 0.0769. The fourth-order valence-corrected chi connectivity index (χ4v) is 4.62. The van der Waals surface area contributed by atoms with Gasteiger partial charge >= 0.3 is 0 Å². The van der Waals surface area contributed by atoms with Gasteiger partial charge in [-0.3, -0.25) is 0 Å². The van der Waals surface area contributed by atoms with Gasteiger partial charge in [0.1, 0.15) is 0 Å². The van der Waals surface area contributed by atoms with E-state index in [0.717, 1.165) is 0 Å². The van der Waals surface area contributed by atoms with Crippen molar-refractivity contribution in [2.75, 3.05) is 0 Å². The maximum atomic E-state index is 2.31. The van der Waals surface area contributed by atoms with Crippen LogP contribution in [0.1, 0.15) is 11.1 Å². The molecule has 0 saturated carbocycles. The number of fused-ring (bicyclic) bond motifs is 3. The van der Waals surface area contributed by atoms with Gasteiger partial charge in [-0.25, -0.2) is 0 Å². The molecule has 1 aliphatic heterocycles. The highest BCUT2D eigenvalue weighted by Gasteiger charge is 2.35. The lowest BCUT2D eigenvalue weighted by Gasteiger charge is -2.19. The highest BCUT2D eigenvalue weighted by molar-refractivity contribution is 6.99. The van der Waals surface area contributed by atoms with Crippen LogP contribution in [0, 0.1) is 13.8 Å². The third-order valence-electron chi connectivity index (χ3n) is 5.85. The molecule has 4 aromatic carbocycles. The molecule has 0 fully saturated rings. The first-order chi connectivity index (χ1) is 13.3. The van der Waals surface area contributed by atoms with E-state index >= 15 is 0 Å². The summed E-state index contributed by atoms with van der Waals surface area (Å²) < 4.78 is 0. The summed E-state index contributed by atoms with van der Waals surface area (Å²) in [5.41, 5.74) is 12.4. The number of benzene rings is 4. The van der Waals surface area contributed by atoms with Gasteiger partial charge in [-0.2, -0.15) is 0 Å². The molecule has 27 heavy (non-hydrogen) atoms. The van der Waals surface area contributed by atoms with E-state index in [9.17, 15) is 0 Å². The van der Waals surface area contributed by atoms with E-state index in [1.54, 1.807) is 0 Å². The number of hydrogen-bond donors (Lipinski definition) is 0. The van der Waals surface area contributed by atoms with Crippen molar-refractivity contribution in [3.63, 3.8) is 0 Å². The maximum Gasteiger partial charge on any atom is 0.243 e. The molecular formula is C26H21B. The van der Waals surface area contributed by atoms with Crippen LogP contribution in [-0.2, 0) is 0 Å². The highest BCUT2D eigenvalue weighted by Crippen LogP contribution is 2.32. The number of hydrogen-bond acceptors (Lipinski definition) is 0. The second-order valence-corrected chi connectivity index (χ2v) is 7.46. The van der Waals surface area contributed by atoms with Crippen LogP contribution in [-0.4, -0.2) is 6.71 Å². The molecule has 4 aromatic rings. The van der Waals surface area contributed by atoms with Gasteiger partial charge in [0, 0.05) is 0 Å². The Morgan fingerprint density at radius 1 is 0.519 bits per heavy atom. The molecule has 0 radical (unpaired) electrons. The van der Waals surface area contributed by atoms with E-state index < -0.39 is 0 Å². The largest absolute Gasteiger partial charge is 0.243 e. The summed E-state index contributed by atoms with van der Waals surface area (Å²) in [5.74, 6) is 0. The third-order valence-corrected chi connectivity index (χ3v) is 5.85. The van der Waals surface area contributed by atoms with Crippen molar-refractivity contribution in [2.45, 2.75) is 13.8 Å². The normalized spacial score (nSPS) is 12.0. The molecule has 0 aliphatic carbocycles. The Kier molecular flexibility index (Phi) is 3.76. The Labute approximate surface area is 161 Å². The first-order valence-corrected chi connectivity index (χ1v) is 9.59. The molecule has 0 nitrogen and oxygen atoms in total. The zero-order chi connectivity index (χ0) is 18.4. The molecule has 0 bridgehead atoms. The van der Waals surface area contributed by atoms with Crippen molar-refractivity contribution >= 4 is 23.1 Å². The lowest BCUT2D eigenvalue weighted by molar-refractivity contribution is 1.42. The smallest absolute Gasteiger partial charge is 0.0686 e. The molecule has 1 heterocycles. The van der Waals surface area contributed by atoms with Crippen LogP contribution in [0.5, 0.6) is 0 Å². The Bertz CT molecular complexity index is 1140. The molecule has 1 aliphatic rings. The van der Waals surface area contributed by atoms with Gasteiger partial charge in [-0.15, -0.1) is 0 Å². The molecule has 0 N–H and O–H groups in total. The minimum atomic E-state index is 0.284. The molecule has 0 spiro atoms. The molecule has 0 saturated heterocycles. The molecule has 5 rings (SSSR count). The zero-order valence-corrected chi connectivity index (χ0v) is 15.7. The summed E-state index contributed by atoms with van der Waals surface area (Å²) in [4.78, 5) is 0. The highest BCUT2D eigenvalue weighted by atomic mass is 14.2. The van der Waals surface area contributed by atoms with E-state index in [1.807, 2.05) is 0 Å². The number of rotatable bonds is 2. The Hall–Kier alpha value is -3.06. The zero-order valence-electron chi connectivity index (χ0n) is 15.7. The van der Waals surface area contributed by atoms with Gasteiger partial charge in [-0.1, -0.05) is 107 Å². The SMILES string of the molecule is Cc1ccccc1-c1c(C)ccc2c1B(c1ccccc1)c1ccccc1-2. The molecule has 1 heteroatoms. The molecule has 128 valence electrons. The first kappa shape index (κ1) is 16.1. The predicted octanol–water partition coefficient (Wildman–Crippen LogP) is 4.47. The van der Waals surface area contributed by atoms with Crippen molar-refractivity contribution in [2.24, 2.45) is 0 Å². The average Bonchev–Trinajstić information content (AvgIpc) is 3.04. The van der Waals surface area contributed by atoms with E-state index in [-0.39, 0.29) is 6.71 Å². The average molecular weight is 344 g/mol. The summed E-state index contributed by atoms with van der Waals surface area (Å²) in [6, 6.07) is 33.2. The lowest BCUT2D eigenvalue weighted by Crippen LogP contribution is -2.49. The van der Waals surface area contributed by atoms with Crippen LogP contribution < -0.4 is 16.4 Å². The van der Waals surface area contributed by atoms with Crippen LogP contribution in [0.15, 0.2) is 91.0 Å². The van der Waals surface area contributed by atoms with E-state index in [0.29, 0.717) is 0 Å². The van der Waals surface area contributed by atoms with Crippen molar-refractivity contribution in [3.05, 3.63) is 102 Å². The van der Waals surface area contributed by atoms with Crippen LogP contribution in [0.3, 0.4) is 0 Å². The summed E-state index contributed by atoms with van der Waals surface area (Å²) >= 11 is 0. The van der Waals surface area contributed by atoms with Crippen molar-refractivity contribution in [3.8, 4) is 22.3 Å². The summed E-state index contributed by atoms with van der Waals surface area (Å²) in [6.07, 6.45) is 0. The van der Waals surface area contributed by atoms with Crippen molar-refractivity contribution < 1.29 is 0 Å². The molecule has 0 amide bonds. The van der Waals surface area contributed by atoms with Crippen LogP contribution in [0.25, 0.3) is 22.3 Å². The fourth-order valence-electron chi connectivity index (χ4n) is 4.62. The Morgan fingerprint density at radius 2 is 1.19 bits per heavy atom. The molecule has 0 atom stereocenters.